The van der Waals surface area contributed by atoms with Gasteiger partial charge in [-0.1, -0.05) is 74.6 Å². The molecule has 1 fully saturated rings. The second-order valence-corrected chi connectivity index (χ2v) is 7.20. The number of carbonyl (C=O) groups excluding carboxylic acids is 1. The Kier molecular flexibility index (Phi) is 7.88. The highest BCUT2D eigenvalue weighted by molar-refractivity contribution is 5.86. The average molecular weight is 377 g/mol. The van der Waals surface area contributed by atoms with Crippen LogP contribution in [0.4, 0.5) is 0 Å². The van der Waals surface area contributed by atoms with Gasteiger partial charge in [-0.25, -0.2) is 0 Å². The SMILES string of the molecule is Cl.N[C@H](CC1CCCCC1)C(O)C(=O)NCc1cccc2ccccc12. The first-order valence-electron chi connectivity index (χ1n) is 9.33. The smallest absolute Gasteiger partial charge is 0.250 e. The molecule has 2 aromatic carbocycles. The molecule has 2 aromatic rings. The van der Waals surface area contributed by atoms with Crippen molar-refractivity contribution in [2.45, 2.75) is 57.2 Å². The summed E-state index contributed by atoms with van der Waals surface area (Å²) in [5.74, 6) is 0.167. The van der Waals surface area contributed by atoms with Gasteiger partial charge in [0.15, 0.2) is 0 Å². The largest absolute Gasteiger partial charge is 0.382 e. The number of fused-ring (bicyclic) bond motifs is 1. The molecule has 1 aliphatic carbocycles. The van der Waals surface area contributed by atoms with Gasteiger partial charge >= 0.3 is 0 Å². The number of hydrogen-bond acceptors (Lipinski definition) is 3. The Balaban J connectivity index is 0.00000243. The van der Waals surface area contributed by atoms with Crippen molar-refractivity contribution in [1.29, 1.82) is 0 Å². The lowest BCUT2D eigenvalue weighted by Crippen LogP contribution is -2.47. The molecule has 142 valence electrons. The van der Waals surface area contributed by atoms with Crippen LogP contribution < -0.4 is 11.1 Å². The number of hydrogen-bond donors (Lipinski definition) is 3. The van der Waals surface area contributed by atoms with Gasteiger partial charge in [0.05, 0.1) is 0 Å². The third-order valence-electron chi connectivity index (χ3n) is 5.34. The number of nitrogens with two attached hydrogens (primary N) is 1. The molecule has 0 bridgehead atoms. The maximum absolute atomic E-state index is 12.3. The second-order valence-electron chi connectivity index (χ2n) is 7.20. The number of amides is 1. The molecule has 26 heavy (non-hydrogen) atoms. The molecule has 4 N–H and O–H groups in total. The van der Waals surface area contributed by atoms with Gasteiger partial charge in [0.1, 0.15) is 6.10 Å². The van der Waals surface area contributed by atoms with E-state index in [1.807, 2.05) is 30.3 Å². The van der Waals surface area contributed by atoms with Crippen molar-refractivity contribution in [1.82, 2.24) is 5.32 Å². The van der Waals surface area contributed by atoms with Gasteiger partial charge in [-0.3, -0.25) is 4.79 Å². The van der Waals surface area contributed by atoms with Crippen molar-refractivity contribution in [3.05, 3.63) is 48.0 Å². The van der Waals surface area contributed by atoms with Crippen molar-refractivity contribution >= 4 is 29.1 Å². The molecule has 0 saturated heterocycles. The van der Waals surface area contributed by atoms with Gasteiger partial charge in [0.2, 0.25) is 0 Å². The highest BCUT2D eigenvalue weighted by atomic mass is 35.5. The molecule has 1 aliphatic rings. The van der Waals surface area contributed by atoms with E-state index < -0.39 is 12.1 Å². The maximum Gasteiger partial charge on any atom is 0.250 e. The minimum absolute atomic E-state index is 0. The minimum atomic E-state index is -1.14. The van der Waals surface area contributed by atoms with Crippen molar-refractivity contribution in [3.63, 3.8) is 0 Å². The molecule has 1 saturated carbocycles. The van der Waals surface area contributed by atoms with E-state index in [1.54, 1.807) is 0 Å². The monoisotopic (exact) mass is 376 g/mol. The molecular weight excluding hydrogens is 348 g/mol. The Labute approximate surface area is 161 Å². The molecule has 1 unspecified atom stereocenters. The number of benzene rings is 2. The molecule has 0 aliphatic heterocycles. The van der Waals surface area contributed by atoms with Crippen LogP contribution in [0.5, 0.6) is 0 Å². The summed E-state index contributed by atoms with van der Waals surface area (Å²) in [6.07, 6.45) is 5.68. The van der Waals surface area contributed by atoms with E-state index in [4.69, 9.17) is 5.73 Å². The van der Waals surface area contributed by atoms with Crippen LogP contribution in [-0.2, 0) is 11.3 Å². The highest BCUT2D eigenvalue weighted by Gasteiger charge is 2.26. The summed E-state index contributed by atoms with van der Waals surface area (Å²) in [5, 5.41) is 15.4. The highest BCUT2D eigenvalue weighted by Crippen LogP contribution is 2.27. The summed E-state index contributed by atoms with van der Waals surface area (Å²) in [6, 6.07) is 13.6. The van der Waals surface area contributed by atoms with Gasteiger partial charge in [-0.15, -0.1) is 12.4 Å². The summed E-state index contributed by atoms with van der Waals surface area (Å²) in [4.78, 5) is 12.3. The first-order chi connectivity index (χ1) is 12.1. The van der Waals surface area contributed by atoms with Crippen LogP contribution in [0.3, 0.4) is 0 Å². The number of nitrogens with one attached hydrogen (secondary N) is 1. The fraction of sp³-hybridized carbons (Fsp3) is 0.476. The number of aliphatic hydroxyl groups excluding tert-OH is 1. The van der Waals surface area contributed by atoms with Gasteiger partial charge < -0.3 is 16.2 Å². The molecule has 3 rings (SSSR count). The van der Waals surface area contributed by atoms with Crippen LogP contribution >= 0.6 is 12.4 Å². The Morgan fingerprint density at radius 1 is 1.12 bits per heavy atom. The van der Waals surface area contributed by atoms with Crippen molar-refractivity contribution in [3.8, 4) is 0 Å². The summed E-state index contributed by atoms with van der Waals surface area (Å²) in [6.45, 7) is 0.396. The van der Waals surface area contributed by atoms with E-state index in [0.29, 0.717) is 12.5 Å². The number of aliphatic hydroxyl groups is 1. The number of carbonyl (C=O) groups is 1. The third-order valence-corrected chi connectivity index (χ3v) is 5.34. The van der Waals surface area contributed by atoms with E-state index in [1.165, 1.54) is 19.3 Å². The van der Waals surface area contributed by atoms with Crippen molar-refractivity contribution in [2.75, 3.05) is 0 Å². The molecule has 5 heteroatoms. The summed E-state index contributed by atoms with van der Waals surface area (Å²) in [5.41, 5.74) is 7.14. The Hall–Kier alpha value is -1.62. The minimum Gasteiger partial charge on any atom is -0.382 e. The van der Waals surface area contributed by atoms with Gasteiger partial charge in [0.25, 0.3) is 5.91 Å². The number of rotatable bonds is 6. The Morgan fingerprint density at radius 3 is 2.58 bits per heavy atom. The topological polar surface area (TPSA) is 75.3 Å². The zero-order chi connectivity index (χ0) is 17.6. The quantitative estimate of drug-likeness (QED) is 0.721. The summed E-state index contributed by atoms with van der Waals surface area (Å²) in [7, 11) is 0. The predicted molar refractivity (Wildman–Crippen MR) is 108 cm³/mol. The molecule has 2 atom stereocenters. The molecule has 4 nitrogen and oxygen atoms in total. The number of halogens is 1. The molecule has 0 radical (unpaired) electrons. The van der Waals surface area contributed by atoms with E-state index in [9.17, 15) is 9.90 Å². The zero-order valence-corrected chi connectivity index (χ0v) is 15.9. The molecule has 0 aromatic heterocycles. The second kappa shape index (κ2) is 9.91. The summed E-state index contributed by atoms with van der Waals surface area (Å²) < 4.78 is 0. The van der Waals surface area contributed by atoms with E-state index in [2.05, 4.69) is 17.4 Å². The molecular formula is C21H29ClN2O2. The first kappa shape index (κ1) is 20.7. The van der Waals surface area contributed by atoms with Crippen molar-refractivity contribution < 1.29 is 9.90 Å². The summed E-state index contributed by atoms with van der Waals surface area (Å²) >= 11 is 0. The van der Waals surface area contributed by atoms with Crippen LogP contribution in [0.1, 0.15) is 44.1 Å². The molecule has 0 spiro atoms. The predicted octanol–water partition coefficient (Wildman–Crippen LogP) is 3.54. The van der Waals surface area contributed by atoms with E-state index in [-0.39, 0.29) is 18.3 Å². The molecule has 0 heterocycles. The van der Waals surface area contributed by atoms with Gasteiger partial charge in [-0.2, -0.15) is 0 Å². The Morgan fingerprint density at radius 2 is 1.81 bits per heavy atom. The van der Waals surface area contributed by atoms with E-state index >= 15 is 0 Å². The van der Waals surface area contributed by atoms with Gasteiger partial charge in [-0.05, 0) is 28.7 Å². The average Bonchev–Trinajstić information content (AvgIpc) is 2.66. The normalized spacial score (nSPS) is 17.3. The Bertz CT molecular complexity index is 711. The van der Waals surface area contributed by atoms with Crippen LogP contribution in [0.25, 0.3) is 10.8 Å². The van der Waals surface area contributed by atoms with Crippen LogP contribution in [0, 0.1) is 5.92 Å². The van der Waals surface area contributed by atoms with Crippen LogP contribution in [0.15, 0.2) is 42.5 Å². The van der Waals surface area contributed by atoms with Crippen LogP contribution in [0.2, 0.25) is 0 Å². The van der Waals surface area contributed by atoms with Crippen LogP contribution in [-0.4, -0.2) is 23.2 Å². The molecule has 1 amide bonds. The fourth-order valence-corrected chi connectivity index (χ4v) is 3.86. The lowest BCUT2D eigenvalue weighted by molar-refractivity contribution is -0.130. The van der Waals surface area contributed by atoms with Gasteiger partial charge in [0, 0.05) is 12.6 Å². The zero-order valence-electron chi connectivity index (χ0n) is 15.1. The third kappa shape index (κ3) is 5.19. The van der Waals surface area contributed by atoms with Crippen molar-refractivity contribution in [2.24, 2.45) is 11.7 Å². The van der Waals surface area contributed by atoms with E-state index in [0.717, 1.165) is 35.6 Å². The first-order valence-corrected chi connectivity index (χ1v) is 9.33. The lowest BCUT2D eigenvalue weighted by Gasteiger charge is -2.26. The standard InChI is InChI=1S/C21H28N2O2.ClH/c22-19(13-15-7-2-1-3-8-15)20(24)21(25)23-14-17-11-6-10-16-9-4-5-12-18(16)17;/h4-6,9-12,15,19-20,24H,1-3,7-8,13-14,22H2,(H,23,25);1H/t19-,20?;/m1./s1. The fourth-order valence-electron chi connectivity index (χ4n) is 3.86. The lowest BCUT2D eigenvalue weighted by atomic mass is 9.84. The maximum atomic E-state index is 12.3.